The van der Waals surface area contributed by atoms with Crippen LogP contribution in [0.1, 0.15) is 31.9 Å². The lowest BCUT2D eigenvalue weighted by atomic mass is 10.0. The van der Waals surface area contributed by atoms with Crippen LogP contribution in [0.3, 0.4) is 0 Å². The van der Waals surface area contributed by atoms with E-state index in [2.05, 4.69) is 29.0 Å². The summed E-state index contributed by atoms with van der Waals surface area (Å²) in [5, 5.41) is 3.43. The molecular weight excluding hydrogens is 311 g/mol. The van der Waals surface area contributed by atoms with E-state index in [1.165, 1.54) is 6.20 Å². The van der Waals surface area contributed by atoms with Crippen molar-refractivity contribution in [3.05, 3.63) is 29.8 Å². The van der Waals surface area contributed by atoms with Gasteiger partial charge in [-0.25, -0.2) is 4.39 Å². The van der Waals surface area contributed by atoms with Gasteiger partial charge < -0.3 is 9.64 Å². The predicted molar refractivity (Wildman–Crippen MR) is 87.4 cm³/mol. The number of carbonyl (C=O) groups excluding carboxylic acids is 1. The molecule has 2 aliphatic rings. The van der Waals surface area contributed by atoms with E-state index in [4.69, 9.17) is 4.74 Å². The summed E-state index contributed by atoms with van der Waals surface area (Å²) in [4.78, 5) is 20.1. The fraction of sp³-hybridized carbons (Fsp3) is 0.647. The smallest absolute Gasteiger partial charge is 0.226 e. The second-order valence-corrected chi connectivity index (χ2v) is 6.85. The highest BCUT2D eigenvalue weighted by Gasteiger charge is 2.38. The van der Waals surface area contributed by atoms with Crippen LogP contribution >= 0.6 is 0 Å². The van der Waals surface area contributed by atoms with Gasteiger partial charge in [-0.15, -0.1) is 0 Å². The van der Waals surface area contributed by atoms with Crippen LogP contribution in [0.15, 0.2) is 18.5 Å². The van der Waals surface area contributed by atoms with Gasteiger partial charge in [-0.2, -0.15) is 0 Å². The molecule has 1 aromatic heterocycles. The zero-order valence-corrected chi connectivity index (χ0v) is 14.4. The minimum atomic E-state index is -0.381. The standard InChI is InChI=1S/C17H25FN4O2/c1-11(2)15-10-22(6-7-24-15)17-20-14(8-16(23)21(17)3)12-4-5-19-9-13(12)18/h4-5,9,11,14-15,17,20H,6-8,10H2,1-3H3. The van der Waals surface area contributed by atoms with E-state index >= 15 is 0 Å². The number of hydrogen-bond acceptors (Lipinski definition) is 5. The van der Waals surface area contributed by atoms with Crippen LogP contribution in [0, 0.1) is 11.7 Å². The van der Waals surface area contributed by atoms with Crippen LogP contribution in [0.5, 0.6) is 0 Å². The Labute approximate surface area is 142 Å². The first-order chi connectivity index (χ1) is 11.5. The molecule has 0 saturated carbocycles. The van der Waals surface area contributed by atoms with Crippen molar-refractivity contribution >= 4 is 5.91 Å². The molecule has 3 rings (SSSR count). The molecule has 0 spiro atoms. The van der Waals surface area contributed by atoms with E-state index in [1.54, 1.807) is 24.2 Å². The SMILES string of the molecule is CC(C)C1CN(C2NC(c3ccncc3F)CC(=O)N2C)CCO1. The van der Waals surface area contributed by atoms with E-state index < -0.39 is 0 Å². The zero-order chi connectivity index (χ0) is 17.3. The van der Waals surface area contributed by atoms with Gasteiger partial charge in [0, 0.05) is 44.4 Å². The Kier molecular flexibility index (Phi) is 5.12. The second kappa shape index (κ2) is 7.13. The summed E-state index contributed by atoms with van der Waals surface area (Å²) in [5.41, 5.74) is 0.491. The van der Waals surface area contributed by atoms with E-state index in [9.17, 15) is 9.18 Å². The van der Waals surface area contributed by atoms with Crippen molar-refractivity contribution in [2.24, 2.45) is 5.92 Å². The van der Waals surface area contributed by atoms with E-state index in [-0.39, 0.29) is 36.6 Å². The predicted octanol–water partition coefficient (Wildman–Crippen LogP) is 1.35. The molecule has 2 saturated heterocycles. The van der Waals surface area contributed by atoms with Gasteiger partial charge >= 0.3 is 0 Å². The van der Waals surface area contributed by atoms with Crippen LogP contribution in [-0.2, 0) is 9.53 Å². The fourth-order valence-electron chi connectivity index (χ4n) is 3.35. The quantitative estimate of drug-likeness (QED) is 0.903. The number of hydrogen-bond donors (Lipinski definition) is 1. The van der Waals surface area contributed by atoms with Crippen molar-refractivity contribution in [2.45, 2.75) is 38.7 Å². The number of carbonyl (C=O) groups is 1. The molecule has 132 valence electrons. The van der Waals surface area contributed by atoms with E-state index in [0.717, 1.165) is 13.1 Å². The van der Waals surface area contributed by atoms with Crippen LogP contribution in [0.2, 0.25) is 0 Å². The van der Waals surface area contributed by atoms with Gasteiger partial charge in [0.15, 0.2) is 0 Å². The summed E-state index contributed by atoms with van der Waals surface area (Å²) in [5.74, 6) is 0.0338. The van der Waals surface area contributed by atoms with Crippen molar-refractivity contribution in [1.82, 2.24) is 20.1 Å². The molecule has 1 aromatic rings. The Morgan fingerprint density at radius 1 is 1.46 bits per heavy atom. The summed E-state index contributed by atoms with van der Waals surface area (Å²) < 4.78 is 19.9. The fourth-order valence-corrected chi connectivity index (χ4v) is 3.35. The maximum absolute atomic E-state index is 14.1. The lowest BCUT2D eigenvalue weighted by Gasteiger charge is -2.47. The van der Waals surface area contributed by atoms with Crippen molar-refractivity contribution in [1.29, 1.82) is 0 Å². The zero-order valence-electron chi connectivity index (χ0n) is 14.4. The van der Waals surface area contributed by atoms with Gasteiger partial charge in [0.25, 0.3) is 0 Å². The number of pyridine rings is 1. The first kappa shape index (κ1) is 17.3. The van der Waals surface area contributed by atoms with Crippen molar-refractivity contribution in [2.75, 3.05) is 26.7 Å². The Bertz CT molecular complexity index is 598. The Morgan fingerprint density at radius 3 is 2.96 bits per heavy atom. The molecule has 0 radical (unpaired) electrons. The van der Waals surface area contributed by atoms with Crippen LogP contribution < -0.4 is 5.32 Å². The van der Waals surface area contributed by atoms with Crippen LogP contribution in [0.25, 0.3) is 0 Å². The molecule has 1 amide bonds. The Balaban J connectivity index is 1.79. The van der Waals surface area contributed by atoms with E-state index in [1.807, 2.05) is 0 Å². The molecular formula is C17H25FN4O2. The molecule has 7 heteroatoms. The number of morpholine rings is 1. The van der Waals surface area contributed by atoms with Crippen LogP contribution in [-0.4, -0.2) is 59.8 Å². The van der Waals surface area contributed by atoms with Crippen molar-refractivity contribution in [3.8, 4) is 0 Å². The number of rotatable bonds is 3. The monoisotopic (exact) mass is 336 g/mol. The lowest BCUT2D eigenvalue weighted by Crippen LogP contribution is -2.64. The molecule has 24 heavy (non-hydrogen) atoms. The summed E-state index contributed by atoms with van der Waals surface area (Å²) >= 11 is 0. The minimum Gasteiger partial charge on any atom is -0.375 e. The Hall–Kier alpha value is -1.57. The molecule has 2 fully saturated rings. The molecule has 0 aromatic carbocycles. The minimum absolute atomic E-state index is 0.00699. The lowest BCUT2D eigenvalue weighted by molar-refractivity contribution is -0.151. The molecule has 3 heterocycles. The summed E-state index contributed by atoms with van der Waals surface area (Å²) in [6.45, 7) is 6.39. The summed E-state index contributed by atoms with van der Waals surface area (Å²) in [7, 11) is 1.79. The molecule has 6 nitrogen and oxygen atoms in total. The van der Waals surface area contributed by atoms with Gasteiger partial charge in [0.2, 0.25) is 5.91 Å². The normalized spacial score (nSPS) is 29.3. The third-order valence-corrected chi connectivity index (χ3v) is 4.88. The van der Waals surface area contributed by atoms with Gasteiger partial charge in [-0.05, 0) is 12.0 Å². The van der Waals surface area contributed by atoms with E-state index in [0.29, 0.717) is 18.1 Å². The van der Waals surface area contributed by atoms with Crippen molar-refractivity contribution in [3.63, 3.8) is 0 Å². The first-order valence-electron chi connectivity index (χ1n) is 8.44. The van der Waals surface area contributed by atoms with Crippen LogP contribution in [0.4, 0.5) is 4.39 Å². The third-order valence-electron chi connectivity index (χ3n) is 4.88. The average Bonchev–Trinajstić information content (AvgIpc) is 2.58. The number of aromatic nitrogens is 1. The number of nitrogens with one attached hydrogen (secondary N) is 1. The first-order valence-corrected chi connectivity index (χ1v) is 8.44. The molecule has 3 atom stereocenters. The highest BCUT2D eigenvalue weighted by atomic mass is 19.1. The number of ether oxygens (including phenoxy) is 1. The summed E-state index contributed by atoms with van der Waals surface area (Å²) in [6, 6.07) is 1.29. The molecule has 2 aliphatic heterocycles. The van der Waals surface area contributed by atoms with Gasteiger partial charge in [0.05, 0.1) is 18.9 Å². The van der Waals surface area contributed by atoms with Gasteiger partial charge in [-0.3, -0.25) is 20.0 Å². The maximum Gasteiger partial charge on any atom is 0.226 e. The highest BCUT2D eigenvalue weighted by Crippen LogP contribution is 2.27. The molecule has 3 unspecified atom stereocenters. The van der Waals surface area contributed by atoms with Crippen molar-refractivity contribution < 1.29 is 13.9 Å². The van der Waals surface area contributed by atoms with Gasteiger partial charge in [0.1, 0.15) is 12.1 Å². The number of amides is 1. The largest absolute Gasteiger partial charge is 0.375 e. The van der Waals surface area contributed by atoms with Gasteiger partial charge in [-0.1, -0.05) is 13.8 Å². The molecule has 1 N–H and O–H groups in total. The molecule has 0 aliphatic carbocycles. The summed E-state index contributed by atoms with van der Waals surface area (Å²) in [6.07, 6.45) is 2.88. The average molecular weight is 336 g/mol. The highest BCUT2D eigenvalue weighted by molar-refractivity contribution is 5.78. The molecule has 0 bridgehead atoms. The maximum atomic E-state index is 14.1. The Morgan fingerprint density at radius 2 is 2.25 bits per heavy atom. The number of halogens is 1. The number of nitrogens with zero attached hydrogens (tertiary/aromatic N) is 3. The topological polar surface area (TPSA) is 57.7 Å². The third kappa shape index (κ3) is 3.43. The second-order valence-electron chi connectivity index (χ2n) is 6.85.